The Labute approximate surface area is 93.4 Å². The van der Waals surface area contributed by atoms with Gasteiger partial charge in [-0.2, -0.15) is 0 Å². The van der Waals surface area contributed by atoms with Crippen molar-refractivity contribution in [2.24, 2.45) is 0 Å². The first-order valence-electron chi connectivity index (χ1n) is 4.91. The number of rotatable bonds is 2. The average molecular weight is 217 g/mol. The van der Waals surface area contributed by atoms with Crippen LogP contribution in [-0.4, -0.2) is 12.1 Å². The maximum Gasteiger partial charge on any atom is 0.165 e. The van der Waals surface area contributed by atoms with Gasteiger partial charge in [0.15, 0.2) is 11.6 Å². The van der Waals surface area contributed by atoms with Crippen molar-refractivity contribution in [3.05, 3.63) is 42.5 Å². The molecule has 0 aliphatic heterocycles. The van der Waals surface area contributed by atoms with Crippen LogP contribution < -0.4 is 4.74 Å². The third-order valence-electron chi connectivity index (χ3n) is 2.49. The minimum atomic E-state index is -0.372. The van der Waals surface area contributed by atoms with Crippen LogP contribution in [0.25, 0.3) is 16.3 Å². The van der Waals surface area contributed by atoms with Gasteiger partial charge >= 0.3 is 0 Å². The smallest absolute Gasteiger partial charge is 0.165 e. The molecular weight excluding hydrogens is 205 g/mol. The summed E-state index contributed by atoms with van der Waals surface area (Å²) >= 11 is 0. The summed E-state index contributed by atoms with van der Waals surface area (Å²) in [6.45, 7) is 5.72. The molecule has 0 spiro atoms. The minimum Gasteiger partial charge on any atom is -0.493 e. The number of halogens is 1. The van der Waals surface area contributed by atoms with E-state index in [4.69, 9.17) is 4.74 Å². The Hall–Kier alpha value is -1.90. The molecule has 1 heterocycles. The van der Waals surface area contributed by atoms with Crippen LogP contribution in [0.5, 0.6) is 5.75 Å². The zero-order valence-electron chi connectivity index (χ0n) is 9.25. The lowest BCUT2D eigenvalue weighted by atomic mass is 10.0. The highest BCUT2D eigenvalue weighted by Crippen LogP contribution is 2.33. The van der Waals surface area contributed by atoms with Gasteiger partial charge in [-0.25, -0.2) is 4.39 Å². The quantitative estimate of drug-likeness (QED) is 0.769. The molecule has 0 N–H and O–H groups in total. The molecule has 1 aromatic carbocycles. The fraction of sp³-hybridized carbons (Fsp3) is 0.154. The highest BCUT2D eigenvalue weighted by molar-refractivity contribution is 5.96. The maximum absolute atomic E-state index is 13.6. The van der Waals surface area contributed by atoms with E-state index in [1.165, 1.54) is 13.2 Å². The lowest BCUT2D eigenvalue weighted by Crippen LogP contribution is -1.93. The lowest BCUT2D eigenvalue weighted by Gasteiger charge is -2.10. The van der Waals surface area contributed by atoms with Crippen molar-refractivity contribution in [3.63, 3.8) is 0 Å². The van der Waals surface area contributed by atoms with Crippen molar-refractivity contribution in [1.29, 1.82) is 0 Å². The molecule has 3 heteroatoms. The van der Waals surface area contributed by atoms with Crippen LogP contribution in [-0.2, 0) is 0 Å². The molecule has 0 aliphatic rings. The molecule has 0 saturated carbocycles. The van der Waals surface area contributed by atoms with Gasteiger partial charge in [0.2, 0.25) is 0 Å². The van der Waals surface area contributed by atoms with Crippen molar-refractivity contribution in [1.82, 2.24) is 4.98 Å². The number of benzene rings is 1. The molecule has 0 saturated heterocycles. The number of pyridine rings is 1. The van der Waals surface area contributed by atoms with Crippen LogP contribution in [0.1, 0.15) is 12.5 Å². The van der Waals surface area contributed by atoms with Crippen LogP contribution in [0.3, 0.4) is 0 Å². The summed E-state index contributed by atoms with van der Waals surface area (Å²) in [4.78, 5) is 4.10. The van der Waals surface area contributed by atoms with Crippen LogP contribution in [0, 0.1) is 5.82 Å². The second kappa shape index (κ2) is 3.93. The van der Waals surface area contributed by atoms with E-state index in [1.807, 2.05) is 6.92 Å². The van der Waals surface area contributed by atoms with Gasteiger partial charge in [0, 0.05) is 28.7 Å². The van der Waals surface area contributed by atoms with Crippen molar-refractivity contribution in [3.8, 4) is 5.75 Å². The molecular formula is C13H12FNO. The van der Waals surface area contributed by atoms with Crippen LogP contribution in [0.15, 0.2) is 31.1 Å². The second-order valence-electron chi connectivity index (χ2n) is 3.65. The van der Waals surface area contributed by atoms with Crippen molar-refractivity contribution >= 4 is 16.3 Å². The monoisotopic (exact) mass is 217 g/mol. The van der Waals surface area contributed by atoms with E-state index in [1.54, 1.807) is 18.5 Å². The molecule has 0 aliphatic carbocycles. The Balaban J connectivity index is 2.92. The number of fused-ring (bicyclic) bond motifs is 1. The van der Waals surface area contributed by atoms with Crippen LogP contribution >= 0.6 is 0 Å². The molecule has 0 atom stereocenters. The Morgan fingerprint density at radius 3 is 2.75 bits per heavy atom. The molecule has 2 rings (SSSR count). The Bertz CT molecular complexity index is 563. The second-order valence-corrected chi connectivity index (χ2v) is 3.65. The van der Waals surface area contributed by atoms with Crippen LogP contribution in [0.4, 0.5) is 4.39 Å². The molecule has 1 aromatic heterocycles. The first-order chi connectivity index (χ1) is 7.65. The molecule has 16 heavy (non-hydrogen) atoms. The fourth-order valence-electron chi connectivity index (χ4n) is 1.74. The van der Waals surface area contributed by atoms with E-state index in [0.29, 0.717) is 0 Å². The van der Waals surface area contributed by atoms with Gasteiger partial charge in [-0.15, -0.1) is 0 Å². The summed E-state index contributed by atoms with van der Waals surface area (Å²) in [7, 11) is 1.46. The number of ether oxygens (including phenoxy) is 1. The van der Waals surface area contributed by atoms with Gasteiger partial charge in [0.1, 0.15) is 0 Å². The van der Waals surface area contributed by atoms with Gasteiger partial charge in [-0.05, 0) is 24.6 Å². The molecule has 0 unspecified atom stereocenters. The number of hydrogen-bond donors (Lipinski definition) is 0. The summed E-state index contributed by atoms with van der Waals surface area (Å²) in [5.74, 6) is -0.124. The number of methoxy groups -OCH3 is 1. The summed E-state index contributed by atoms with van der Waals surface area (Å²) in [5.41, 5.74) is 1.65. The molecule has 0 bridgehead atoms. The predicted molar refractivity (Wildman–Crippen MR) is 63.0 cm³/mol. The molecule has 2 aromatic rings. The molecule has 0 amide bonds. The molecule has 0 fully saturated rings. The largest absolute Gasteiger partial charge is 0.493 e. The normalized spacial score (nSPS) is 10.4. The Kier molecular flexibility index (Phi) is 2.60. The number of hydrogen-bond acceptors (Lipinski definition) is 2. The number of allylic oxidation sites excluding steroid dienone is 1. The van der Waals surface area contributed by atoms with Gasteiger partial charge in [-0.1, -0.05) is 6.58 Å². The third kappa shape index (κ3) is 1.54. The first kappa shape index (κ1) is 10.6. The van der Waals surface area contributed by atoms with Crippen molar-refractivity contribution in [2.75, 3.05) is 7.11 Å². The molecule has 0 radical (unpaired) electrons. The van der Waals surface area contributed by atoms with Gasteiger partial charge in [0.05, 0.1) is 7.11 Å². The van der Waals surface area contributed by atoms with Crippen molar-refractivity contribution in [2.45, 2.75) is 6.92 Å². The Morgan fingerprint density at radius 1 is 1.38 bits per heavy atom. The van der Waals surface area contributed by atoms with Gasteiger partial charge in [-0.3, -0.25) is 4.98 Å². The standard InChI is InChI=1S/C13H12FNO/c1-8(2)10-7-15-6-9-4-5-11(14)13(16-3)12(9)10/h4-7H,1H2,2-3H3. The highest BCUT2D eigenvalue weighted by Gasteiger charge is 2.12. The lowest BCUT2D eigenvalue weighted by molar-refractivity contribution is 0.392. The topological polar surface area (TPSA) is 22.1 Å². The zero-order chi connectivity index (χ0) is 11.7. The summed E-state index contributed by atoms with van der Waals surface area (Å²) < 4.78 is 18.7. The number of aromatic nitrogens is 1. The van der Waals surface area contributed by atoms with E-state index in [9.17, 15) is 4.39 Å². The zero-order valence-corrected chi connectivity index (χ0v) is 9.25. The Morgan fingerprint density at radius 2 is 2.12 bits per heavy atom. The maximum atomic E-state index is 13.6. The summed E-state index contributed by atoms with van der Waals surface area (Å²) in [6, 6.07) is 3.07. The fourth-order valence-corrected chi connectivity index (χ4v) is 1.74. The molecule has 82 valence electrons. The van der Waals surface area contributed by atoms with E-state index in [0.717, 1.165) is 21.9 Å². The van der Waals surface area contributed by atoms with Gasteiger partial charge < -0.3 is 4.74 Å². The summed E-state index contributed by atoms with van der Waals surface area (Å²) in [6.07, 6.45) is 3.36. The van der Waals surface area contributed by atoms with E-state index < -0.39 is 0 Å². The third-order valence-corrected chi connectivity index (χ3v) is 2.49. The first-order valence-corrected chi connectivity index (χ1v) is 4.91. The molecule has 2 nitrogen and oxygen atoms in total. The van der Waals surface area contributed by atoms with E-state index >= 15 is 0 Å². The van der Waals surface area contributed by atoms with Crippen LogP contribution in [0.2, 0.25) is 0 Å². The van der Waals surface area contributed by atoms with E-state index in [2.05, 4.69) is 11.6 Å². The number of nitrogens with zero attached hydrogens (tertiary/aromatic N) is 1. The van der Waals surface area contributed by atoms with E-state index in [-0.39, 0.29) is 11.6 Å². The van der Waals surface area contributed by atoms with Gasteiger partial charge in [0.25, 0.3) is 0 Å². The SMILES string of the molecule is C=C(C)c1cncc2ccc(F)c(OC)c12. The average Bonchev–Trinajstić information content (AvgIpc) is 2.28. The highest BCUT2D eigenvalue weighted by atomic mass is 19.1. The summed E-state index contributed by atoms with van der Waals surface area (Å²) in [5, 5.41) is 1.57. The predicted octanol–water partition coefficient (Wildman–Crippen LogP) is 3.42. The van der Waals surface area contributed by atoms with Crippen molar-refractivity contribution < 1.29 is 9.13 Å². The minimum absolute atomic E-state index is 0.248.